The summed E-state index contributed by atoms with van der Waals surface area (Å²) in [6.45, 7) is 2.08. The first-order valence-corrected chi connectivity index (χ1v) is 11.1. The molecule has 4 rings (SSSR count). The average molecular weight is 515 g/mol. The van der Waals surface area contributed by atoms with E-state index in [-0.39, 0.29) is 23.6 Å². The molecular formula is C26H19BrN4O3. The summed E-state index contributed by atoms with van der Waals surface area (Å²) in [5.41, 5.74) is 1.39. The molecule has 0 saturated heterocycles. The van der Waals surface area contributed by atoms with Crippen LogP contribution in [0.1, 0.15) is 16.7 Å². The number of benzene rings is 2. The molecule has 0 unspecified atom stereocenters. The first-order valence-electron chi connectivity index (χ1n) is 10.4. The number of rotatable bonds is 6. The number of hydrogen-bond donors (Lipinski definition) is 1. The van der Waals surface area contributed by atoms with E-state index in [1.54, 1.807) is 36.5 Å². The van der Waals surface area contributed by atoms with Crippen molar-refractivity contribution in [3.05, 3.63) is 110 Å². The van der Waals surface area contributed by atoms with Gasteiger partial charge in [-0.25, -0.2) is 0 Å². The maximum Gasteiger partial charge on any atom is 0.269 e. The number of carbonyl (C=O) groups is 1. The summed E-state index contributed by atoms with van der Waals surface area (Å²) in [6.07, 6.45) is 2.80. The molecule has 1 amide bonds. The number of hydrogen-bond acceptors (Lipinski definition) is 5. The lowest BCUT2D eigenvalue weighted by atomic mass is 10.1. The van der Waals surface area contributed by atoms with Crippen molar-refractivity contribution in [2.75, 3.05) is 0 Å². The van der Waals surface area contributed by atoms with Crippen molar-refractivity contribution in [1.29, 1.82) is 5.26 Å². The normalized spacial score (nSPS) is 11.1. The monoisotopic (exact) mass is 514 g/mol. The third-order valence-electron chi connectivity index (χ3n) is 5.03. The number of nitrogens with one attached hydrogen (secondary N) is 1. The van der Waals surface area contributed by atoms with Gasteiger partial charge in [0.05, 0.1) is 0 Å². The molecule has 2 heterocycles. The molecule has 8 heteroatoms. The van der Waals surface area contributed by atoms with Gasteiger partial charge in [-0.05, 0) is 54.5 Å². The third-order valence-corrected chi connectivity index (χ3v) is 5.56. The van der Waals surface area contributed by atoms with Crippen LogP contribution < -0.4 is 15.6 Å². The summed E-state index contributed by atoms with van der Waals surface area (Å²) >= 11 is 3.37. The maximum atomic E-state index is 13.3. The van der Waals surface area contributed by atoms with Gasteiger partial charge in [-0.2, -0.15) is 10.2 Å². The van der Waals surface area contributed by atoms with Gasteiger partial charge in [-0.3, -0.25) is 14.0 Å². The van der Waals surface area contributed by atoms with E-state index in [4.69, 9.17) is 4.74 Å². The molecule has 0 aliphatic rings. The predicted molar refractivity (Wildman–Crippen MR) is 132 cm³/mol. The molecule has 168 valence electrons. The highest BCUT2D eigenvalue weighted by atomic mass is 79.9. The van der Waals surface area contributed by atoms with Gasteiger partial charge >= 0.3 is 0 Å². The zero-order valence-electron chi connectivity index (χ0n) is 18.2. The zero-order chi connectivity index (χ0) is 24.1. The molecule has 0 saturated carbocycles. The summed E-state index contributed by atoms with van der Waals surface area (Å²) in [4.78, 5) is 30.6. The van der Waals surface area contributed by atoms with Crippen LogP contribution in [0.25, 0.3) is 11.7 Å². The van der Waals surface area contributed by atoms with Crippen LogP contribution in [0.5, 0.6) is 11.6 Å². The number of nitriles is 1. The van der Waals surface area contributed by atoms with E-state index in [2.05, 4.69) is 26.2 Å². The second-order valence-corrected chi connectivity index (χ2v) is 8.33. The van der Waals surface area contributed by atoms with Crippen LogP contribution in [0.15, 0.2) is 87.8 Å². The Morgan fingerprint density at radius 3 is 2.59 bits per heavy atom. The maximum absolute atomic E-state index is 13.3. The minimum atomic E-state index is -0.602. The highest BCUT2D eigenvalue weighted by Gasteiger charge is 2.18. The van der Waals surface area contributed by atoms with Gasteiger partial charge in [0.15, 0.2) is 0 Å². The van der Waals surface area contributed by atoms with Crippen molar-refractivity contribution in [1.82, 2.24) is 14.7 Å². The highest BCUT2D eigenvalue weighted by Crippen LogP contribution is 2.26. The van der Waals surface area contributed by atoms with Crippen LogP contribution in [0.4, 0.5) is 0 Å². The Kier molecular flexibility index (Phi) is 6.85. The van der Waals surface area contributed by atoms with Crippen LogP contribution >= 0.6 is 15.9 Å². The predicted octanol–water partition coefficient (Wildman–Crippen LogP) is 4.78. The van der Waals surface area contributed by atoms with Crippen molar-refractivity contribution in [3.63, 3.8) is 0 Å². The highest BCUT2D eigenvalue weighted by molar-refractivity contribution is 9.10. The van der Waals surface area contributed by atoms with Crippen LogP contribution in [-0.4, -0.2) is 15.3 Å². The van der Waals surface area contributed by atoms with E-state index in [0.29, 0.717) is 11.4 Å². The van der Waals surface area contributed by atoms with E-state index in [1.807, 2.05) is 49.4 Å². The lowest BCUT2D eigenvalue weighted by molar-refractivity contribution is -0.117. The molecule has 1 N–H and O–H groups in total. The largest absolute Gasteiger partial charge is 0.438 e. The zero-order valence-corrected chi connectivity index (χ0v) is 19.7. The summed E-state index contributed by atoms with van der Waals surface area (Å²) in [5, 5.41) is 12.4. The van der Waals surface area contributed by atoms with E-state index < -0.39 is 11.5 Å². The third kappa shape index (κ3) is 5.05. The van der Waals surface area contributed by atoms with Crippen molar-refractivity contribution < 1.29 is 9.53 Å². The fourth-order valence-electron chi connectivity index (χ4n) is 3.27. The topological polar surface area (TPSA) is 96.5 Å². The summed E-state index contributed by atoms with van der Waals surface area (Å²) in [7, 11) is 0. The Morgan fingerprint density at radius 1 is 1.15 bits per heavy atom. The fraction of sp³-hybridized carbons (Fsp3) is 0.0769. The Hall–Kier alpha value is -4.22. The second-order valence-electron chi connectivity index (χ2n) is 7.41. The molecule has 0 aliphatic carbocycles. The van der Waals surface area contributed by atoms with E-state index in [9.17, 15) is 14.9 Å². The lowest BCUT2D eigenvalue weighted by Crippen LogP contribution is -2.25. The molecule has 0 bridgehead atoms. The van der Waals surface area contributed by atoms with Gasteiger partial charge in [0.1, 0.15) is 28.6 Å². The number of fused-ring (bicyclic) bond motifs is 1. The van der Waals surface area contributed by atoms with Crippen LogP contribution in [-0.2, 0) is 11.3 Å². The molecule has 2 aromatic heterocycles. The first-order chi connectivity index (χ1) is 16.5. The van der Waals surface area contributed by atoms with Crippen LogP contribution in [0, 0.1) is 18.3 Å². The molecule has 34 heavy (non-hydrogen) atoms. The first kappa shape index (κ1) is 23.0. The Labute approximate surface area is 204 Å². The Balaban J connectivity index is 1.77. The number of ether oxygens (including phenoxy) is 1. The summed E-state index contributed by atoms with van der Waals surface area (Å²) < 4.78 is 8.16. The van der Waals surface area contributed by atoms with Gasteiger partial charge in [0, 0.05) is 17.2 Å². The van der Waals surface area contributed by atoms with E-state index in [1.165, 1.54) is 10.5 Å². The van der Waals surface area contributed by atoms with E-state index in [0.717, 1.165) is 15.6 Å². The molecule has 0 radical (unpaired) electrons. The molecule has 4 aromatic rings. The van der Waals surface area contributed by atoms with Gasteiger partial charge < -0.3 is 10.1 Å². The average Bonchev–Trinajstić information content (AvgIpc) is 2.85. The molecule has 2 aromatic carbocycles. The number of nitrogens with zero attached hydrogens (tertiary/aromatic N) is 3. The van der Waals surface area contributed by atoms with Gasteiger partial charge in [-0.15, -0.1) is 0 Å². The van der Waals surface area contributed by atoms with Crippen LogP contribution in [0.3, 0.4) is 0 Å². The van der Waals surface area contributed by atoms with Crippen LogP contribution in [0.2, 0.25) is 0 Å². The van der Waals surface area contributed by atoms with Crippen molar-refractivity contribution >= 4 is 33.6 Å². The number of aryl methyl sites for hydroxylation is 1. The van der Waals surface area contributed by atoms with E-state index >= 15 is 0 Å². The quantitative estimate of drug-likeness (QED) is 0.295. The standard InChI is InChI=1S/C26H19BrN4O3/c1-17-6-5-13-31-23(17)30-25(34-21-11-9-20(27)10-12-21)22(26(31)33)14-19(15-28)24(32)29-16-18-7-3-2-4-8-18/h2-14H,16H2,1H3,(H,29,32). The second kappa shape index (κ2) is 10.1. The summed E-state index contributed by atoms with van der Waals surface area (Å²) in [6, 6.07) is 21.8. The minimum Gasteiger partial charge on any atom is -0.438 e. The molecule has 0 fully saturated rings. The van der Waals surface area contributed by atoms with Crippen molar-refractivity contribution in [2.24, 2.45) is 0 Å². The molecule has 0 atom stereocenters. The Morgan fingerprint density at radius 2 is 1.88 bits per heavy atom. The summed E-state index contributed by atoms with van der Waals surface area (Å²) in [5.74, 6) is -0.144. The lowest BCUT2D eigenvalue weighted by Gasteiger charge is -2.11. The van der Waals surface area contributed by atoms with Crippen molar-refractivity contribution in [2.45, 2.75) is 13.5 Å². The minimum absolute atomic E-state index is 0.00238. The number of amides is 1. The molecule has 7 nitrogen and oxygen atoms in total. The molecule has 0 spiro atoms. The Bertz CT molecular complexity index is 1490. The molecular weight excluding hydrogens is 496 g/mol. The van der Waals surface area contributed by atoms with Gasteiger partial charge in [0.2, 0.25) is 5.88 Å². The number of pyridine rings is 1. The van der Waals surface area contributed by atoms with Gasteiger partial charge in [0.25, 0.3) is 11.5 Å². The van der Waals surface area contributed by atoms with Crippen molar-refractivity contribution in [3.8, 4) is 17.7 Å². The number of aromatic nitrogens is 2. The number of carbonyl (C=O) groups excluding carboxylic acids is 1. The molecule has 0 aliphatic heterocycles. The fourth-order valence-corrected chi connectivity index (χ4v) is 3.54. The van der Waals surface area contributed by atoms with Gasteiger partial charge in [-0.1, -0.05) is 52.3 Å². The SMILES string of the molecule is Cc1cccn2c(=O)c(C=C(C#N)C(=O)NCc3ccccc3)c(Oc3ccc(Br)cc3)nc12. The smallest absolute Gasteiger partial charge is 0.269 e. The number of halogens is 1.